The molecule has 0 aromatic carbocycles. The van der Waals surface area contributed by atoms with Crippen molar-refractivity contribution in [2.45, 2.75) is 26.7 Å². The van der Waals surface area contributed by atoms with Gasteiger partial charge in [0.2, 0.25) is 5.91 Å². The molecule has 1 aromatic heterocycles. The van der Waals surface area contributed by atoms with Crippen molar-refractivity contribution in [3.05, 3.63) is 16.0 Å². The molecule has 0 aliphatic carbocycles. The van der Waals surface area contributed by atoms with Crippen LogP contribution >= 0.6 is 11.3 Å². The number of methoxy groups -OCH3 is 1. The molecule has 0 saturated carbocycles. The molecule has 2 rings (SSSR count). The molecule has 1 aliphatic heterocycles. The Balaban J connectivity index is 2.15. The molecule has 132 valence electrons. The van der Waals surface area contributed by atoms with Crippen molar-refractivity contribution >= 4 is 34.1 Å². The number of nitrogens with zero attached hydrogens (tertiary/aromatic N) is 1. The van der Waals surface area contributed by atoms with Crippen molar-refractivity contribution in [3.63, 3.8) is 0 Å². The Morgan fingerprint density at radius 1 is 1.42 bits per heavy atom. The second-order valence-corrected chi connectivity index (χ2v) is 7.17. The minimum Gasteiger partial charge on any atom is -0.465 e. The Bertz CT molecular complexity index is 656. The zero-order valence-corrected chi connectivity index (χ0v) is 15.0. The molecule has 1 unspecified atom stereocenters. The summed E-state index contributed by atoms with van der Waals surface area (Å²) in [6.45, 7) is 5.81. The molecule has 7 nitrogen and oxygen atoms in total. The number of amides is 2. The molecular weight excluding hydrogens is 330 g/mol. The van der Waals surface area contributed by atoms with Gasteiger partial charge in [0.25, 0.3) is 5.91 Å². The van der Waals surface area contributed by atoms with Crippen LogP contribution < -0.4 is 11.1 Å². The molecule has 24 heavy (non-hydrogen) atoms. The van der Waals surface area contributed by atoms with E-state index in [-0.39, 0.29) is 22.9 Å². The first kappa shape index (κ1) is 18.4. The van der Waals surface area contributed by atoms with Crippen LogP contribution in [0.25, 0.3) is 0 Å². The average molecular weight is 353 g/mol. The summed E-state index contributed by atoms with van der Waals surface area (Å²) < 4.78 is 4.75. The number of likely N-dealkylation sites (tertiary alicyclic amines) is 1. The lowest BCUT2D eigenvalue weighted by molar-refractivity contribution is -0.117. The number of nitrogens with two attached hydrogens (primary N) is 1. The highest BCUT2D eigenvalue weighted by molar-refractivity contribution is 7.18. The van der Waals surface area contributed by atoms with Gasteiger partial charge in [0.1, 0.15) is 5.00 Å². The van der Waals surface area contributed by atoms with Gasteiger partial charge in [0.15, 0.2) is 0 Å². The Morgan fingerprint density at radius 3 is 2.71 bits per heavy atom. The second-order valence-electron chi connectivity index (χ2n) is 6.15. The fourth-order valence-electron chi connectivity index (χ4n) is 2.98. The van der Waals surface area contributed by atoms with E-state index in [1.54, 1.807) is 6.92 Å². The highest BCUT2D eigenvalue weighted by Gasteiger charge is 2.26. The molecule has 1 fully saturated rings. The summed E-state index contributed by atoms with van der Waals surface area (Å²) in [6.07, 6.45) is 2.25. The topological polar surface area (TPSA) is 102 Å². The lowest BCUT2D eigenvalue weighted by Crippen LogP contribution is -2.39. The minimum atomic E-state index is -0.631. The molecule has 2 heterocycles. The van der Waals surface area contributed by atoms with Crippen molar-refractivity contribution in [2.75, 3.05) is 32.1 Å². The van der Waals surface area contributed by atoms with E-state index >= 15 is 0 Å². The SMILES string of the molecule is COC(=O)c1c(NC(=O)CN2CCCC(C)C2)sc(C(N)=O)c1C. The summed E-state index contributed by atoms with van der Waals surface area (Å²) in [7, 11) is 1.25. The first-order valence-corrected chi connectivity index (χ1v) is 8.68. The summed E-state index contributed by atoms with van der Waals surface area (Å²) in [4.78, 5) is 38.1. The Morgan fingerprint density at radius 2 is 2.12 bits per heavy atom. The molecule has 0 spiro atoms. The largest absolute Gasteiger partial charge is 0.465 e. The molecule has 3 N–H and O–H groups in total. The van der Waals surface area contributed by atoms with Crippen LogP contribution in [-0.2, 0) is 9.53 Å². The fourth-order valence-corrected chi connectivity index (χ4v) is 4.05. The maximum Gasteiger partial charge on any atom is 0.341 e. The summed E-state index contributed by atoms with van der Waals surface area (Å²) in [5, 5.41) is 3.04. The van der Waals surface area contributed by atoms with Gasteiger partial charge in [-0.15, -0.1) is 11.3 Å². The number of carbonyl (C=O) groups is 3. The van der Waals surface area contributed by atoms with Gasteiger partial charge >= 0.3 is 5.97 Å². The molecule has 1 saturated heterocycles. The van der Waals surface area contributed by atoms with E-state index in [4.69, 9.17) is 10.5 Å². The summed E-state index contributed by atoms with van der Waals surface area (Å²) in [5.41, 5.74) is 5.96. The van der Waals surface area contributed by atoms with E-state index in [0.717, 1.165) is 30.8 Å². The van der Waals surface area contributed by atoms with Crippen LogP contribution in [0.1, 0.15) is 45.4 Å². The number of primary amides is 1. The molecular formula is C16H23N3O4S. The predicted octanol–water partition coefficient (Wildman–Crippen LogP) is 1.61. The van der Waals surface area contributed by atoms with Gasteiger partial charge in [0, 0.05) is 6.54 Å². The zero-order valence-electron chi connectivity index (χ0n) is 14.2. The average Bonchev–Trinajstić information content (AvgIpc) is 2.83. The monoisotopic (exact) mass is 353 g/mol. The quantitative estimate of drug-likeness (QED) is 0.783. The number of rotatable bonds is 5. The number of carbonyl (C=O) groups excluding carboxylic acids is 3. The first-order valence-electron chi connectivity index (χ1n) is 7.87. The molecule has 1 atom stereocenters. The van der Waals surface area contributed by atoms with E-state index in [9.17, 15) is 14.4 Å². The third-order valence-corrected chi connectivity index (χ3v) is 5.34. The molecule has 0 radical (unpaired) electrons. The number of hydrogen-bond acceptors (Lipinski definition) is 6. The molecule has 0 bridgehead atoms. The maximum absolute atomic E-state index is 12.3. The number of hydrogen-bond donors (Lipinski definition) is 2. The smallest absolute Gasteiger partial charge is 0.341 e. The van der Waals surface area contributed by atoms with E-state index in [1.807, 2.05) is 0 Å². The highest BCUT2D eigenvalue weighted by atomic mass is 32.1. The Labute approximate surface area is 145 Å². The fraction of sp³-hybridized carbons (Fsp3) is 0.562. The Kier molecular flexibility index (Phi) is 5.95. The molecule has 1 aromatic rings. The zero-order chi connectivity index (χ0) is 17.9. The van der Waals surface area contributed by atoms with Crippen LogP contribution in [0.5, 0.6) is 0 Å². The van der Waals surface area contributed by atoms with Crippen molar-refractivity contribution in [1.29, 1.82) is 0 Å². The van der Waals surface area contributed by atoms with Crippen LogP contribution in [0.4, 0.5) is 5.00 Å². The van der Waals surface area contributed by atoms with Gasteiger partial charge in [-0.05, 0) is 37.8 Å². The van der Waals surface area contributed by atoms with Gasteiger partial charge in [0.05, 0.1) is 24.1 Å². The summed E-state index contributed by atoms with van der Waals surface area (Å²) >= 11 is 1.00. The molecule has 1 aliphatic rings. The summed E-state index contributed by atoms with van der Waals surface area (Å²) in [5.74, 6) is -0.875. The minimum absolute atomic E-state index is 0.191. The van der Waals surface area contributed by atoms with Crippen molar-refractivity contribution < 1.29 is 19.1 Å². The van der Waals surface area contributed by atoms with Crippen LogP contribution in [0.3, 0.4) is 0 Å². The predicted molar refractivity (Wildman–Crippen MR) is 92.4 cm³/mol. The van der Waals surface area contributed by atoms with E-state index in [1.165, 1.54) is 13.5 Å². The lowest BCUT2D eigenvalue weighted by Gasteiger charge is -2.30. The van der Waals surface area contributed by atoms with Crippen molar-refractivity contribution in [1.82, 2.24) is 4.90 Å². The van der Waals surface area contributed by atoms with Gasteiger partial charge in [-0.3, -0.25) is 14.5 Å². The van der Waals surface area contributed by atoms with Gasteiger partial charge in [-0.1, -0.05) is 6.92 Å². The number of anilines is 1. The van der Waals surface area contributed by atoms with Crippen LogP contribution in [0, 0.1) is 12.8 Å². The lowest BCUT2D eigenvalue weighted by atomic mass is 10.0. The third-order valence-electron chi connectivity index (χ3n) is 4.12. The van der Waals surface area contributed by atoms with Crippen LogP contribution in [0.15, 0.2) is 0 Å². The van der Waals surface area contributed by atoms with Crippen molar-refractivity contribution in [3.8, 4) is 0 Å². The number of ether oxygens (including phenoxy) is 1. The summed E-state index contributed by atoms with van der Waals surface area (Å²) in [6, 6.07) is 0. The third kappa shape index (κ3) is 4.12. The Hall–Kier alpha value is -1.93. The van der Waals surface area contributed by atoms with Crippen LogP contribution in [0.2, 0.25) is 0 Å². The van der Waals surface area contributed by atoms with E-state index in [2.05, 4.69) is 17.1 Å². The standard InChI is InChI=1S/C16H23N3O4S/c1-9-5-4-6-19(7-9)8-11(20)18-15-12(16(22)23-3)10(2)13(24-15)14(17)21/h9H,4-8H2,1-3H3,(H2,17,21)(H,18,20). The van der Waals surface area contributed by atoms with Gasteiger partial charge in [-0.2, -0.15) is 0 Å². The second kappa shape index (κ2) is 7.76. The molecule has 8 heteroatoms. The first-order chi connectivity index (χ1) is 11.3. The van der Waals surface area contributed by atoms with Gasteiger partial charge < -0.3 is 15.8 Å². The number of piperidine rings is 1. The molecule has 2 amide bonds. The highest BCUT2D eigenvalue weighted by Crippen LogP contribution is 2.33. The maximum atomic E-state index is 12.3. The van der Waals surface area contributed by atoms with E-state index < -0.39 is 11.9 Å². The normalized spacial score (nSPS) is 18.2. The van der Waals surface area contributed by atoms with Crippen LogP contribution in [-0.4, -0.2) is 49.4 Å². The van der Waals surface area contributed by atoms with Gasteiger partial charge in [-0.25, -0.2) is 4.79 Å². The number of thiophene rings is 1. The van der Waals surface area contributed by atoms with Crippen molar-refractivity contribution in [2.24, 2.45) is 11.7 Å². The number of nitrogens with one attached hydrogen (secondary N) is 1. The number of esters is 1. The van der Waals surface area contributed by atoms with E-state index in [0.29, 0.717) is 16.5 Å².